The zero-order valence-electron chi connectivity index (χ0n) is 12.7. The van der Waals surface area contributed by atoms with E-state index in [0.29, 0.717) is 11.3 Å². The fraction of sp³-hybridized carbons (Fsp3) is 0.222. The molecule has 0 aliphatic rings. The van der Waals surface area contributed by atoms with Gasteiger partial charge >= 0.3 is 0 Å². The molecule has 0 saturated heterocycles. The summed E-state index contributed by atoms with van der Waals surface area (Å²) in [5, 5.41) is 2.73. The second-order valence-corrected chi connectivity index (χ2v) is 6.39. The normalized spacial score (nSPS) is 11.7. The Kier molecular flexibility index (Phi) is 5.78. The van der Waals surface area contributed by atoms with E-state index < -0.39 is 0 Å². The van der Waals surface area contributed by atoms with Gasteiger partial charge in [-0.05, 0) is 43.7 Å². The van der Waals surface area contributed by atoms with Crippen molar-refractivity contribution in [1.82, 2.24) is 0 Å². The molecule has 0 spiro atoms. The van der Waals surface area contributed by atoms with Crippen molar-refractivity contribution in [2.75, 3.05) is 5.32 Å². The first-order valence-corrected chi connectivity index (χ1v) is 8.18. The minimum absolute atomic E-state index is 0.0182. The van der Waals surface area contributed by atoms with E-state index in [1.54, 1.807) is 36.0 Å². The lowest BCUT2D eigenvalue weighted by Gasteiger charge is -2.12. The van der Waals surface area contributed by atoms with Crippen molar-refractivity contribution >= 4 is 29.1 Å². The number of nitrogens with one attached hydrogen (secondary N) is 1. The van der Waals surface area contributed by atoms with E-state index in [4.69, 9.17) is 0 Å². The smallest absolute Gasteiger partial charge is 0.237 e. The molecule has 1 N–H and O–H groups in total. The number of benzene rings is 2. The number of thioether (sulfide) groups is 1. The Bertz CT molecular complexity index is 638. The third-order valence-corrected chi connectivity index (χ3v) is 4.49. The molecule has 2 aromatic carbocycles. The second-order valence-electron chi connectivity index (χ2n) is 5.06. The fourth-order valence-corrected chi connectivity index (χ4v) is 2.75. The number of anilines is 1. The lowest BCUT2D eigenvalue weighted by molar-refractivity contribution is -0.115. The zero-order chi connectivity index (χ0) is 15.9. The van der Waals surface area contributed by atoms with Crippen molar-refractivity contribution in [3.63, 3.8) is 0 Å². The van der Waals surface area contributed by atoms with Gasteiger partial charge < -0.3 is 5.32 Å². The first-order chi connectivity index (χ1) is 10.6. The van der Waals surface area contributed by atoms with Crippen LogP contribution >= 0.6 is 11.8 Å². The van der Waals surface area contributed by atoms with Crippen molar-refractivity contribution in [3.05, 3.63) is 65.7 Å². The first kappa shape index (κ1) is 16.3. The van der Waals surface area contributed by atoms with Gasteiger partial charge in [-0.15, -0.1) is 11.8 Å². The Morgan fingerprint density at radius 1 is 1.05 bits per heavy atom. The highest BCUT2D eigenvalue weighted by atomic mass is 32.2. The number of carbonyl (C=O) groups is 2. The summed E-state index contributed by atoms with van der Waals surface area (Å²) < 4.78 is 0. The number of hydrogen-bond acceptors (Lipinski definition) is 3. The summed E-state index contributed by atoms with van der Waals surface area (Å²) >= 11 is 1.60. The maximum atomic E-state index is 12.2. The van der Waals surface area contributed by atoms with Gasteiger partial charge in [0.25, 0.3) is 0 Å². The number of amides is 1. The largest absolute Gasteiger partial charge is 0.325 e. The highest BCUT2D eigenvalue weighted by Crippen LogP contribution is 2.19. The molecule has 0 unspecified atom stereocenters. The molecular weight excluding hydrogens is 294 g/mol. The topological polar surface area (TPSA) is 46.2 Å². The van der Waals surface area contributed by atoms with E-state index in [-0.39, 0.29) is 16.9 Å². The van der Waals surface area contributed by atoms with Gasteiger partial charge in [-0.3, -0.25) is 9.59 Å². The van der Waals surface area contributed by atoms with Crippen LogP contribution in [0, 0.1) is 0 Å². The quantitative estimate of drug-likeness (QED) is 0.815. The summed E-state index contributed by atoms with van der Waals surface area (Å²) in [6.07, 6.45) is 0. The van der Waals surface area contributed by atoms with E-state index in [9.17, 15) is 9.59 Å². The fourth-order valence-electron chi connectivity index (χ4n) is 1.90. The van der Waals surface area contributed by atoms with Crippen molar-refractivity contribution in [2.24, 2.45) is 0 Å². The summed E-state index contributed by atoms with van der Waals surface area (Å²) in [7, 11) is 0. The number of ketones is 1. The minimum Gasteiger partial charge on any atom is -0.325 e. The molecule has 0 aliphatic heterocycles. The monoisotopic (exact) mass is 313 g/mol. The molecule has 0 heterocycles. The van der Waals surface area contributed by atoms with E-state index in [2.05, 4.69) is 17.4 Å². The van der Waals surface area contributed by atoms with Crippen LogP contribution < -0.4 is 5.32 Å². The number of hydrogen-bond donors (Lipinski definition) is 1. The average Bonchev–Trinajstić information content (AvgIpc) is 2.54. The summed E-state index contributed by atoms with van der Waals surface area (Å²) in [6.45, 7) is 3.42. The maximum Gasteiger partial charge on any atom is 0.237 e. The first-order valence-electron chi connectivity index (χ1n) is 7.13. The van der Waals surface area contributed by atoms with Crippen LogP contribution in [0.5, 0.6) is 0 Å². The Morgan fingerprint density at radius 3 is 2.27 bits per heavy atom. The summed E-state index contributed by atoms with van der Waals surface area (Å²) in [4.78, 5) is 23.4. The van der Waals surface area contributed by atoms with Crippen LogP contribution in [0.15, 0.2) is 54.6 Å². The van der Waals surface area contributed by atoms with Crippen LogP contribution in [0.2, 0.25) is 0 Å². The van der Waals surface area contributed by atoms with E-state index in [1.807, 2.05) is 25.1 Å². The third kappa shape index (κ3) is 4.74. The minimum atomic E-state index is -0.146. The van der Waals surface area contributed by atoms with Crippen molar-refractivity contribution in [3.8, 4) is 0 Å². The molecule has 0 bridgehead atoms. The Labute approximate surface area is 135 Å². The molecule has 2 aromatic rings. The van der Waals surface area contributed by atoms with Gasteiger partial charge in [-0.25, -0.2) is 0 Å². The van der Waals surface area contributed by atoms with Gasteiger partial charge in [0.05, 0.1) is 5.25 Å². The lowest BCUT2D eigenvalue weighted by Crippen LogP contribution is -2.22. The molecule has 0 aromatic heterocycles. The van der Waals surface area contributed by atoms with Crippen LogP contribution in [-0.2, 0) is 10.5 Å². The van der Waals surface area contributed by atoms with Gasteiger partial charge in [0.1, 0.15) is 0 Å². The molecule has 4 heteroatoms. The van der Waals surface area contributed by atoms with Gasteiger partial charge in [0.2, 0.25) is 5.91 Å². The third-order valence-electron chi connectivity index (χ3n) is 3.27. The van der Waals surface area contributed by atoms with E-state index in [1.165, 1.54) is 12.5 Å². The molecule has 1 atom stereocenters. The van der Waals surface area contributed by atoms with Crippen LogP contribution in [0.3, 0.4) is 0 Å². The predicted molar refractivity (Wildman–Crippen MR) is 92.3 cm³/mol. The van der Waals surface area contributed by atoms with Gasteiger partial charge in [0, 0.05) is 17.0 Å². The highest BCUT2D eigenvalue weighted by molar-refractivity contribution is 7.99. The Morgan fingerprint density at radius 2 is 1.68 bits per heavy atom. The highest BCUT2D eigenvalue weighted by Gasteiger charge is 2.13. The van der Waals surface area contributed by atoms with Crippen molar-refractivity contribution in [1.29, 1.82) is 0 Å². The van der Waals surface area contributed by atoms with Gasteiger partial charge in [-0.2, -0.15) is 0 Å². The Hall–Kier alpha value is -2.07. The molecule has 0 aliphatic carbocycles. The van der Waals surface area contributed by atoms with Gasteiger partial charge in [0.15, 0.2) is 5.78 Å². The van der Waals surface area contributed by atoms with Crippen LogP contribution in [0.25, 0.3) is 0 Å². The number of Topliss-reactive ketones (excluding diaryl/α,β-unsaturated/α-hetero) is 1. The molecule has 1 amide bonds. The summed E-state index contributed by atoms with van der Waals surface area (Å²) in [5.74, 6) is 0.791. The molecule has 2 rings (SSSR count). The molecular formula is C18H19NO2S. The maximum absolute atomic E-state index is 12.2. The Balaban J connectivity index is 1.87. The molecule has 0 radical (unpaired) electrons. The molecule has 3 nitrogen and oxygen atoms in total. The second kappa shape index (κ2) is 7.80. The molecule has 0 fully saturated rings. The molecule has 0 saturated carbocycles. The standard InChI is InChI=1S/C18H19NO2S/c1-13(20)16-8-10-17(11-9-16)19-18(21)14(2)22-12-15-6-4-3-5-7-15/h3-11,14H,12H2,1-2H3,(H,19,21)/t14-/m0/s1. The SMILES string of the molecule is CC(=O)c1ccc(NC(=O)[C@H](C)SCc2ccccc2)cc1. The van der Waals surface area contributed by atoms with Crippen LogP contribution in [0.4, 0.5) is 5.69 Å². The van der Waals surface area contributed by atoms with Crippen molar-refractivity contribution < 1.29 is 9.59 Å². The summed E-state index contributed by atoms with van der Waals surface area (Å²) in [5.41, 5.74) is 2.56. The average molecular weight is 313 g/mol. The zero-order valence-corrected chi connectivity index (χ0v) is 13.5. The molecule has 114 valence electrons. The van der Waals surface area contributed by atoms with Crippen LogP contribution in [-0.4, -0.2) is 16.9 Å². The van der Waals surface area contributed by atoms with E-state index >= 15 is 0 Å². The summed E-state index contributed by atoms with van der Waals surface area (Å²) in [6, 6.07) is 17.0. The van der Waals surface area contributed by atoms with Crippen LogP contribution in [0.1, 0.15) is 29.8 Å². The predicted octanol–water partition coefficient (Wildman–Crippen LogP) is 4.15. The lowest BCUT2D eigenvalue weighted by atomic mass is 10.1. The number of carbonyl (C=O) groups excluding carboxylic acids is 2. The van der Waals surface area contributed by atoms with Crippen molar-refractivity contribution in [2.45, 2.75) is 24.9 Å². The number of rotatable bonds is 6. The van der Waals surface area contributed by atoms with E-state index in [0.717, 1.165) is 5.75 Å². The van der Waals surface area contributed by atoms with Gasteiger partial charge in [-0.1, -0.05) is 30.3 Å². The molecule has 22 heavy (non-hydrogen) atoms.